The highest BCUT2D eigenvalue weighted by Gasteiger charge is 2.15. The first kappa shape index (κ1) is 17.2. The molecule has 27 heavy (non-hydrogen) atoms. The fourth-order valence-corrected chi connectivity index (χ4v) is 3.72. The van der Waals surface area contributed by atoms with Crippen LogP contribution in [0, 0.1) is 12.7 Å². The van der Waals surface area contributed by atoms with Gasteiger partial charge in [0.2, 0.25) is 5.89 Å². The average molecular weight is 382 g/mol. The molecule has 0 saturated carbocycles. The number of hydrogen-bond donors (Lipinski definition) is 1. The molecule has 1 N–H and O–H groups in total. The number of sulfonamides is 1. The van der Waals surface area contributed by atoms with E-state index in [1.807, 2.05) is 6.92 Å². The van der Waals surface area contributed by atoms with Crippen LogP contribution in [-0.4, -0.2) is 13.4 Å². The highest BCUT2D eigenvalue weighted by molar-refractivity contribution is 7.92. The van der Waals surface area contributed by atoms with Gasteiger partial charge in [0.15, 0.2) is 5.58 Å². The molecule has 0 radical (unpaired) electrons. The number of fused-ring (bicyclic) bond motifs is 1. The molecule has 7 heteroatoms. The van der Waals surface area contributed by atoms with Crippen molar-refractivity contribution in [3.8, 4) is 11.5 Å². The van der Waals surface area contributed by atoms with Crippen LogP contribution < -0.4 is 4.72 Å². The molecule has 0 spiro atoms. The number of anilines is 1. The van der Waals surface area contributed by atoms with Crippen LogP contribution in [0.3, 0.4) is 0 Å². The van der Waals surface area contributed by atoms with Crippen LogP contribution in [0.4, 0.5) is 10.1 Å². The van der Waals surface area contributed by atoms with Crippen molar-refractivity contribution in [3.05, 3.63) is 78.1 Å². The van der Waals surface area contributed by atoms with Crippen molar-refractivity contribution in [2.24, 2.45) is 0 Å². The maximum Gasteiger partial charge on any atom is 0.261 e. The minimum atomic E-state index is -3.71. The Labute approximate surface area is 155 Å². The first-order valence-corrected chi connectivity index (χ1v) is 9.65. The normalized spacial score (nSPS) is 11.6. The van der Waals surface area contributed by atoms with Gasteiger partial charge in [-0.05, 0) is 55.5 Å². The zero-order chi connectivity index (χ0) is 19.0. The standard InChI is InChI=1S/C20H15FN2O3S/c1-13-5-8-17(9-6-13)27(24,25)23-16-7-10-19-18(12-16)22-20(26-19)14-3-2-4-15(21)11-14/h2-12,23H,1H3. The largest absolute Gasteiger partial charge is 0.436 e. The van der Waals surface area contributed by atoms with Crippen LogP contribution in [0.25, 0.3) is 22.6 Å². The van der Waals surface area contributed by atoms with Crippen LogP contribution in [0.15, 0.2) is 76.0 Å². The van der Waals surface area contributed by atoms with Crippen molar-refractivity contribution in [2.45, 2.75) is 11.8 Å². The Hall–Kier alpha value is -3.19. The number of nitrogens with one attached hydrogen (secondary N) is 1. The lowest BCUT2D eigenvalue weighted by Crippen LogP contribution is -2.12. The molecular formula is C20H15FN2O3S. The molecule has 0 amide bonds. The molecule has 0 aliphatic rings. The molecule has 0 aliphatic carbocycles. The molecule has 0 aliphatic heterocycles. The van der Waals surface area contributed by atoms with E-state index in [9.17, 15) is 12.8 Å². The third kappa shape index (κ3) is 3.54. The van der Waals surface area contributed by atoms with Crippen LogP contribution in [0.2, 0.25) is 0 Å². The topological polar surface area (TPSA) is 72.2 Å². The highest BCUT2D eigenvalue weighted by Crippen LogP contribution is 2.27. The maximum atomic E-state index is 13.4. The molecule has 0 saturated heterocycles. The Morgan fingerprint density at radius 1 is 1.00 bits per heavy atom. The van der Waals surface area contributed by atoms with Crippen molar-refractivity contribution in [1.82, 2.24) is 4.98 Å². The average Bonchev–Trinajstić information content (AvgIpc) is 3.05. The SMILES string of the molecule is Cc1ccc(S(=O)(=O)Nc2ccc3oc(-c4cccc(F)c4)nc3c2)cc1. The van der Waals surface area contributed by atoms with E-state index in [1.165, 1.54) is 12.1 Å². The van der Waals surface area contributed by atoms with E-state index in [2.05, 4.69) is 9.71 Å². The molecule has 1 heterocycles. The van der Waals surface area contributed by atoms with Gasteiger partial charge in [-0.25, -0.2) is 17.8 Å². The number of benzene rings is 3. The highest BCUT2D eigenvalue weighted by atomic mass is 32.2. The molecule has 0 bridgehead atoms. The fraction of sp³-hybridized carbons (Fsp3) is 0.0500. The van der Waals surface area contributed by atoms with E-state index in [4.69, 9.17) is 4.42 Å². The Morgan fingerprint density at radius 3 is 2.52 bits per heavy atom. The Kier molecular flexibility index (Phi) is 4.16. The van der Waals surface area contributed by atoms with Gasteiger partial charge < -0.3 is 4.42 Å². The van der Waals surface area contributed by atoms with Gasteiger partial charge in [-0.15, -0.1) is 0 Å². The third-order valence-electron chi connectivity index (χ3n) is 4.04. The summed E-state index contributed by atoms with van der Waals surface area (Å²) in [6.45, 7) is 1.89. The summed E-state index contributed by atoms with van der Waals surface area (Å²) in [5.74, 6) is -0.121. The molecule has 1 aromatic heterocycles. The van der Waals surface area contributed by atoms with E-state index >= 15 is 0 Å². The monoisotopic (exact) mass is 382 g/mol. The molecule has 3 aromatic carbocycles. The summed E-state index contributed by atoms with van der Waals surface area (Å²) in [6.07, 6.45) is 0. The van der Waals surface area contributed by atoms with Crippen molar-refractivity contribution in [1.29, 1.82) is 0 Å². The first-order chi connectivity index (χ1) is 12.9. The molecule has 0 unspecified atom stereocenters. The molecule has 0 fully saturated rings. The van der Waals surface area contributed by atoms with Gasteiger partial charge in [-0.2, -0.15) is 0 Å². The van der Waals surface area contributed by atoms with Gasteiger partial charge in [0.25, 0.3) is 10.0 Å². The predicted molar refractivity (Wildman–Crippen MR) is 101 cm³/mol. The van der Waals surface area contributed by atoms with E-state index < -0.39 is 10.0 Å². The van der Waals surface area contributed by atoms with Crippen molar-refractivity contribution < 1.29 is 17.2 Å². The summed E-state index contributed by atoms with van der Waals surface area (Å²) < 4.78 is 46.6. The molecular weight excluding hydrogens is 367 g/mol. The quantitative estimate of drug-likeness (QED) is 0.553. The zero-order valence-electron chi connectivity index (χ0n) is 14.3. The molecule has 5 nitrogen and oxygen atoms in total. The Bertz CT molecular complexity index is 1230. The minimum absolute atomic E-state index is 0.175. The number of aryl methyl sites for hydroxylation is 1. The number of aromatic nitrogens is 1. The van der Waals surface area contributed by atoms with Crippen LogP contribution in [0.1, 0.15) is 5.56 Å². The van der Waals surface area contributed by atoms with Gasteiger partial charge >= 0.3 is 0 Å². The molecule has 4 rings (SSSR count). The summed E-state index contributed by atoms with van der Waals surface area (Å²) in [6, 6.07) is 17.3. The van der Waals surface area contributed by atoms with Crippen molar-refractivity contribution in [2.75, 3.05) is 4.72 Å². The summed E-state index contributed by atoms with van der Waals surface area (Å²) in [5, 5.41) is 0. The van der Waals surface area contributed by atoms with Gasteiger partial charge in [0, 0.05) is 5.56 Å². The number of nitrogens with zero attached hydrogens (tertiary/aromatic N) is 1. The first-order valence-electron chi connectivity index (χ1n) is 8.17. The van der Waals surface area contributed by atoms with E-state index in [0.717, 1.165) is 5.56 Å². The second-order valence-corrected chi connectivity index (χ2v) is 7.81. The van der Waals surface area contributed by atoms with E-state index in [1.54, 1.807) is 54.6 Å². The van der Waals surface area contributed by atoms with Crippen molar-refractivity contribution >= 4 is 26.8 Å². The van der Waals surface area contributed by atoms with Crippen LogP contribution in [0.5, 0.6) is 0 Å². The van der Waals surface area contributed by atoms with Crippen molar-refractivity contribution in [3.63, 3.8) is 0 Å². The van der Waals surface area contributed by atoms with Gasteiger partial charge in [-0.3, -0.25) is 4.72 Å². The number of oxazole rings is 1. The number of halogens is 1. The predicted octanol–water partition coefficient (Wildman–Crippen LogP) is 4.74. The van der Waals surface area contributed by atoms with Gasteiger partial charge in [0.1, 0.15) is 11.3 Å². The zero-order valence-corrected chi connectivity index (χ0v) is 15.1. The lowest BCUT2D eigenvalue weighted by molar-refractivity contribution is 0.601. The summed E-state index contributed by atoms with van der Waals surface area (Å²) in [5.41, 5.74) is 2.80. The summed E-state index contributed by atoms with van der Waals surface area (Å²) >= 11 is 0. The minimum Gasteiger partial charge on any atom is -0.436 e. The smallest absolute Gasteiger partial charge is 0.261 e. The van der Waals surface area contributed by atoms with Gasteiger partial charge in [-0.1, -0.05) is 23.8 Å². The molecule has 4 aromatic rings. The fourth-order valence-electron chi connectivity index (χ4n) is 2.67. The summed E-state index contributed by atoms with van der Waals surface area (Å²) in [7, 11) is -3.71. The third-order valence-corrected chi connectivity index (χ3v) is 5.44. The summed E-state index contributed by atoms with van der Waals surface area (Å²) in [4.78, 5) is 4.51. The second kappa shape index (κ2) is 6.51. The van der Waals surface area contributed by atoms with E-state index in [-0.39, 0.29) is 16.6 Å². The number of hydrogen-bond acceptors (Lipinski definition) is 4. The maximum absolute atomic E-state index is 13.4. The van der Waals surface area contributed by atoms with Crippen LogP contribution in [-0.2, 0) is 10.0 Å². The van der Waals surface area contributed by atoms with E-state index in [0.29, 0.717) is 22.4 Å². The number of rotatable bonds is 4. The van der Waals surface area contributed by atoms with Gasteiger partial charge in [0.05, 0.1) is 10.6 Å². The lowest BCUT2D eigenvalue weighted by Gasteiger charge is -2.08. The molecule has 0 atom stereocenters. The van der Waals surface area contributed by atoms with Crippen LogP contribution >= 0.6 is 0 Å². The lowest BCUT2D eigenvalue weighted by atomic mass is 10.2. The molecule has 136 valence electrons. The Balaban J connectivity index is 1.66. The second-order valence-electron chi connectivity index (χ2n) is 6.13. The Morgan fingerprint density at radius 2 is 1.78 bits per heavy atom.